The van der Waals surface area contributed by atoms with Gasteiger partial charge in [-0.3, -0.25) is 4.79 Å². The maximum atomic E-state index is 14.9. The Morgan fingerprint density at radius 1 is 1.33 bits per heavy atom. The maximum Gasteiger partial charge on any atom is 0.336 e. The van der Waals surface area contributed by atoms with Gasteiger partial charge in [0.2, 0.25) is 0 Å². The molecule has 2 N–H and O–H groups in total. The molecule has 0 unspecified atom stereocenters. The number of halogens is 1. The number of amides is 1. The standard InChI is InChI=1S/C18H25FN2O3/c1-11(2)10-20-15-9-8-14(18(23)24)12(3)16(15)21(19)17(22)13-6-4-5-7-13/h8-9,11,13,20H,4-7,10H2,1-3H3,(H,23,24). The molecule has 0 saturated heterocycles. The number of carbonyl (C=O) groups excluding carboxylic acids is 1. The number of benzene rings is 1. The molecule has 1 saturated carbocycles. The lowest BCUT2D eigenvalue weighted by Crippen LogP contribution is -2.30. The van der Waals surface area contributed by atoms with E-state index in [0.29, 0.717) is 31.0 Å². The Morgan fingerprint density at radius 3 is 2.50 bits per heavy atom. The van der Waals surface area contributed by atoms with Crippen LogP contribution in [0.15, 0.2) is 12.1 Å². The van der Waals surface area contributed by atoms with Gasteiger partial charge in [-0.25, -0.2) is 4.79 Å². The van der Waals surface area contributed by atoms with Crippen molar-refractivity contribution in [2.75, 3.05) is 17.0 Å². The highest BCUT2D eigenvalue weighted by atomic mass is 19.2. The SMILES string of the molecule is Cc1c(C(=O)O)ccc(NCC(C)C)c1N(F)C(=O)C1CCCC1. The summed E-state index contributed by atoms with van der Waals surface area (Å²) in [7, 11) is 0. The summed E-state index contributed by atoms with van der Waals surface area (Å²) < 4.78 is 14.9. The Morgan fingerprint density at radius 2 is 1.96 bits per heavy atom. The zero-order valence-corrected chi connectivity index (χ0v) is 14.4. The molecule has 1 aliphatic rings. The number of carbonyl (C=O) groups is 2. The van der Waals surface area contributed by atoms with Crippen LogP contribution in [0.25, 0.3) is 0 Å². The van der Waals surface area contributed by atoms with Gasteiger partial charge in [-0.05, 0) is 43.4 Å². The molecule has 0 aliphatic heterocycles. The van der Waals surface area contributed by atoms with E-state index in [0.717, 1.165) is 12.8 Å². The molecule has 1 aromatic carbocycles. The molecular weight excluding hydrogens is 311 g/mol. The van der Waals surface area contributed by atoms with Gasteiger partial charge >= 0.3 is 5.97 Å². The van der Waals surface area contributed by atoms with Crippen molar-refractivity contribution in [3.63, 3.8) is 0 Å². The van der Waals surface area contributed by atoms with E-state index in [4.69, 9.17) is 0 Å². The molecule has 5 nitrogen and oxygen atoms in total. The number of aromatic carboxylic acids is 1. The number of nitrogens with zero attached hydrogens (tertiary/aromatic N) is 1. The highest BCUT2D eigenvalue weighted by Crippen LogP contribution is 2.36. The smallest absolute Gasteiger partial charge is 0.336 e. The molecular formula is C18H25FN2O3. The summed E-state index contributed by atoms with van der Waals surface area (Å²) >= 11 is 0. The molecule has 24 heavy (non-hydrogen) atoms. The van der Waals surface area contributed by atoms with Crippen molar-refractivity contribution >= 4 is 23.3 Å². The second-order valence-electron chi connectivity index (χ2n) is 6.81. The van der Waals surface area contributed by atoms with Crippen LogP contribution >= 0.6 is 0 Å². The first-order valence-electron chi connectivity index (χ1n) is 8.43. The second kappa shape index (κ2) is 7.64. The van der Waals surface area contributed by atoms with E-state index < -0.39 is 11.9 Å². The van der Waals surface area contributed by atoms with E-state index in [9.17, 15) is 19.2 Å². The predicted molar refractivity (Wildman–Crippen MR) is 92.0 cm³/mol. The van der Waals surface area contributed by atoms with Crippen molar-refractivity contribution in [3.8, 4) is 0 Å². The Hall–Kier alpha value is -2.11. The lowest BCUT2D eigenvalue weighted by molar-refractivity contribution is -0.125. The lowest BCUT2D eigenvalue weighted by atomic mass is 10.0. The minimum atomic E-state index is -1.13. The third kappa shape index (κ3) is 3.86. The van der Waals surface area contributed by atoms with Gasteiger partial charge in [0.15, 0.2) is 0 Å². The third-order valence-corrected chi connectivity index (χ3v) is 4.46. The number of hydrogen-bond acceptors (Lipinski definition) is 3. The first-order valence-corrected chi connectivity index (χ1v) is 8.43. The summed E-state index contributed by atoms with van der Waals surface area (Å²) in [5.74, 6) is -1.70. The van der Waals surface area contributed by atoms with Gasteiger partial charge in [-0.15, -0.1) is 5.12 Å². The van der Waals surface area contributed by atoms with Crippen LogP contribution in [0.1, 0.15) is 55.5 Å². The molecule has 132 valence electrons. The van der Waals surface area contributed by atoms with E-state index in [1.807, 2.05) is 13.8 Å². The molecule has 1 amide bonds. The molecule has 6 heteroatoms. The molecule has 1 aromatic rings. The van der Waals surface area contributed by atoms with Crippen molar-refractivity contribution in [2.24, 2.45) is 11.8 Å². The van der Waals surface area contributed by atoms with Gasteiger partial charge in [0.1, 0.15) is 5.69 Å². The van der Waals surface area contributed by atoms with Crippen molar-refractivity contribution in [3.05, 3.63) is 23.3 Å². The number of hydrogen-bond donors (Lipinski definition) is 2. The molecule has 1 fully saturated rings. The average Bonchev–Trinajstić information content (AvgIpc) is 3.05. The van der Waals surface area contributed by atoms with E-state index in [1.54, 1.807) is 0 Å². The second-order valence-corrected chi connectivity index (χ2v) is 6.81. The molecule has 0 bridgehead atoms. The topological polar surface area (TPSA) is 69.6 Å². The van der Waals surface area contributed by atoms with E-state index in [1.165, 1.54) is 19.1 Å². The summed E-state index contributed by atoms with van der Waals surface area (Å²) in [6.45, 7) is 6.17. The van der Waals surface area contributed by atoms with Crippen LogP contribution in [0.5, 0.6) is 0 Å². The molecule has 1 aliphatic carbocycles. The van der Waals surface area contributed by atoms with Gasteiger partial charge in [-0.1, -0.05) is 31.2 Å². The summed E-state index contributed by atoms with van der Waals surface area (Å²) in [4.78, 5) is 23.8. The van der Waals surface area contributed by atoms with Gasteiger partial charge < -0.3 is 10.4 Å². The zero-order valence-electron chi connectivity index (χ0n) is 14.4. The molecule has 0 spiro atoms. The maximum absolute atomic E-state index is 14.9. The van der Waals surface area contributed by atoms with Gasteiger partial charge in [0.25, 0.3) is 5.91 Å². The van der Waals surface area contributed by atoms with E-state index >= 15 is 0 Å². The fourth-order valence-corrected chi connectivity index (χ4v) is 3.08. The Labute approximate surface area is 141 Å². The van der Waals surface area contributed by atoms with Crippen LogP contribution in [0.4, 0.5) is 15.9 Å². The highest BCUT2D eigenvalue weighted by molar-refractivity contribution is 6.00. The van der Waals surface area contributed by atoms with Crippen LogP contribution in [0.3, 0.4) is 0 Å². The molecule has 0 heterocycles. The number of rotatable bonds is 6. The van der Waals surface area contributed by atoms with Crippen LogP contribution in [-0.2, 0) is 4.79 Å². The lowest BCUT2D eigenvalue weighted by Gasteiger charge is -2.23. The largest absolute Gasteiger partial charge is 0.478 e. The predicted octanol–water partition coefficient (Wildman–Crippen LogP) is 4.17. The summed E-state index contributed by atoms with van der Waals surface area (Å²) in [6, 6.07) is 2.97. The minimum absolute atomic E-state index is 0.00182. The van der Waals surface area contributed by atoms with Crippen LogP contribution < -0.4 is 10.4 Å². The summed E-state index contributed by atoms with van der Waals surface area (Å²) in [5, 5.41) is 12.6. The number of carboxylic acid groups (broad SMARTS) is 1. The van der Waals surface area contributed by atoms with Crippen molar-refractivity contribution in [2.45, 2.75) is 46.5 Å². The molecule has 0 atom stereocenters. The summed E-state index contributed by atoms with van der Waals surface area (Å²) in [6.07, 6.45) is 3.23. The summed E-state index contributed by atoms with van der Waals surface area (Å²) in [5.41, 5.74) is 0.722. The first kappa shape index (κ1) is 18.2. The Balaban J connectivity index is 2.40. The van der Waals surface area contributed by atoms with Crippen molar-refractivity contribution in [1.82, 2.24) is 0 Å². The van der Waals surface area contributed by atoms with E-state index in [-0.39, 0.29) is 27.9 Å². The first-order chi connectivity index (χ1) is 11.3. The molecule has 0 aromatic heterocycles. The van der Waals surface area contributed by atoms with Crippen LogP contribution in [0, 0.1) is 18.8 Å². The van der Waals surface area contributed by atoms with Crippen molar-refractivity contribution in [1.29, 1.82) is 0 Å². The van der Waals surface area contributed by atoms with Gasteiger partial charge in [-0.2, -0.15) is 0 Å². The monoisotopic (exact) mass is 336 g/mol. The zero-order chi connectivity index (χ0) is 17.9. The quantitative estimate of drug-likeness (QED) is 0.765. The van der Waals surface area contributed by atoms with Crippen molar-refractivity contribution < 1.29 is 19.2 Å². The fraction of sp³-hybridized carbons (Fsp3) is 0.556. The highest BCUT2D eigenvalue weighted by Gasteiger charge is 2.31. The van der Waals surface area contributed by atoms with Crippen LogP contribution in [0.2, 0.25) is 0 Å². The number of carboxylic acids is 1. The normalized spacial score (nSPS) is 14.9. The fourth-order valence-electron chi connectivity index (χ4n) is 3.08. The Bertz CT molecular complexity index is 625. The minimum Gasteiger partial charge on any atom is -0.478 e. The van der Waals surface area contributed by atoms with Gasteiger partial charge in [0, 0.05) is 12.5 Å². The van der Waals surface area contributed by atoms with Crippen LogP contribution in [-0.4, -0.2) is 23.5 Å². The Kier molecular flexibility index (Phi) is 5.80. The average molecular weight is 336 g/mol. The number of nitrogens with one attached hydrogen (secondary N) is 1. The number of anilines is 2. The van der Waals surface area contributed by atoms with Gasteiger partial charge in [0.05, 0.1) is 11.3 Å². The molecule has 0 radical (unpaired) electrons. The molecule has 2 rings (SSSR count). The van der Waals surface area contributed by atoms with E-state index in [2.05, 4.69) is 5.32 Å². The third-order valence-electron chi connectivity index (χ3n) is 4.46.